The zero-order valence-electron chi connectivity index (χ0n) is 5.16. The largest absolute Gasteiger partial charge is 0.244 e. The maximum atomic E-state index is 5.80. The van der Waals surface area contributed by atoms with Crippen LogP contribution in [0.4, 0.5) is 0 Å². The van der Waals surface area contributed by atoms with Crippen LogP contribution in [0.15, 0.2) is 10.7 Å². The molecule has 0 atom stereocenters. The SMILES string of the molecule is Cc1nc(Br)c(I)cc1Cl. The van der Waals surface area contributed by atoms with Gasteiger partial charge in [-0.25, -0.2) is 4.98 Å². The smallest absolute Gasteiger partial charge is 0.119 e. The second-order valence-electron chi connectivity index (χ2n) is 1.83. The number of aryl methyl sites for hydroxylation is 1. The van der Waals surface area contributed by atoms with E-state index in [1.807, 2.05) is 13.0 Å². The average Bonchev–Trinajstić information content (AvgIpc) is 1.84. The summed E-state index contributed by atoms with van der Waals surface area (Å²) in [5, 5.41) is 0.715. The molecule has 0 fully saturated rings. The maximum Gasteiger partial charge on any atom is 0.119 e. The molecule has 0 aliphatic carbocycles. The Balaban J connectivity index is 3.28. The lowest BCUT2D eigenvalue weighted by molar-refractivity contribution is 1.15. The minimum atomic E-state index is 0.715. The summed E-state index contributed by atoms with van der Waals surface area (Å²) < 4.78 is 1.89. The normalized spacial score (nSPS) is 10.0. The van der Waals surface area contributed by atoms with Crippen LogP contribution in [-0.4, -0.2) is 4.98 Å². The van der Waals surface area contributed by atoms with E-state index in [1.54, 1.807) is 0 Å². The zero-order valence-corrected chi connectivity index (χ0v) is 9.66. The maximum absolute atomic E-state index is 5.80. The van der Waals surface area contributed by atoms with Gasteiger partial charge in [-0.15, -0.1) is 0 Å². The molecule has 0 amide bonds. The lowest BCUT2D eigenvalue weighted by Crippen LogP contribution is -1.86. The molecule has 10 heavy (non-hydrogen) atoms. The first kappa shape index (κ1) is 8.74. The van der Waals surface area contributed by atoms with E-state index in [0.29, 0.717) is 5.02 Å². The van der Waals surface area contributed by atoms with Crippen LogP contribution in [-0.2, 0) is 0 Å². The predicted molar refractivity (Wildman–Crippen MR) is 54.4 cm³/mol. The number of hydrogen-bond acceptors (Lipinski definition) is 1. The van der Waals surface area contributed by atoms with Gasteiger partial charge in [0, 0.05) is 3.57 Å². The standard InChI is InChI=1S/C6H4BrClIN/c1-3-4(8)2-5(9)6(7)10-3/h2H,1H3. The van der Waals surface area contributed by atoms with Gasteiger partial charge in [-0.1, -0.05) is 11.6 Å². The van der Waals surface area contributed by atoms with Crippen LogP contribution in [0.1, 0.15) is 5.69 Å². The minimum Gasteiger partial charge on any atom is -0.244 e. The molecule has 1 aromatic rings. The monoisotopic (exact) mass is 331 g/mol. The first-order chi connectivity index (χ1) is 4.61. The van der Waals surface area contributed by atoms with E-state index in [4.69, 9.17) is 11.6 Å². The Morgan fingerprint density at radius 3 is 2.80 bits per heavy atom. The van der Waals surface area contributed by atoms with Gasteiger partial charge >= 0.3 is 0 Å². The third kappa shape index (κ3) is 1.83. The van der Waals surface area contributed by atoms with Crippen LogP contribution >= 0.6 is 50.1 Å². The molecule has 54 valence electrons. The van der Waals surface area contributed by atoms with Gasteiger partial charge in [0.15, 0.2) is 0 Å². The number of nitrogens with zero attached hydrogens (tertiary/aromatic N) is 1. The van der Waals surface area contributed by atoms with Crippen LogP contribution in [0.2, 0.25) is 5.02 Å². The quantitative estimate of drug-likeness (QED) is 0.524. The van der Waals surface area contributed by atoms with Gasteiger partial charge in [0.1, 0.15) is 4.60 Å². The molecule has 0 aliphatic rings. The molecule has 4 heteroatoms. The molecular weight excluding hydrogens is 328 g/mol. The summed E-state index contributed by atoms with van der Waals surface area (Å²) in [5.74, 6) is 0. The Kier molecular flexibility index (Phi) is 2.94. The summed E-state index contributed by atoms with van der Waals surface area (Å²) in [7, 11) is 0. The van der Waals surface area contributed by atoms with Crippen molar-refractivity contribution in [3.05, 3.63) is 25.0 Å². The molecule has 1 nitrogen and oxygen atoms in total. The molecule has 1 rings (SSSR count). The molecule has 0 aliphatic heterocycles. The topological polar surface area (TPSA) is 12.9 Å². The Labute approximate surface area is 86.4 Å². The lowest BCUT2D eigenvalue weighted by atomic mass is 10.4. The highest BCUT2D eigenvalue weighted by Gasteiger charge is 2.01. The molecule has 0 radical (unpaired) electrons. The highest BCUT2D eigenvalue weighted by molar-refractivity contribution is 14.1. The van der Waals surface area contributed by atoms with Crippen LogP contribution in [0.25, 0.3) is 0 Å². The molecule has 0 spiro atoms. The summed E-state index contributed by atoms with van der Waals surface area (Å²) in [4.78, 5) is 4.15. The van der Waals surface area contributed by atoms with E-state index in [1.165, 1.54) is 0 Å². The second-order valence-corrected chi connectivity index (χ2v) is 4.15. The van der Waals surface area contributed by atoms with Crippen molar-refractivity contribution in [1.82, 2.24) is 4.98 Å². The van der Waals surface area contributed by atoms with Gasteiger partial charge in [-0.3, -0.25) is 0 Å². The van der Waals surface area contributed by atoms with Crippen LogP contribution in [0.5, 0.6) is 0 Å². The van der Waals surface area contributed by atoms with E-state index in [2.05, 4.69) is 43.5 Å². The van der Waals surface area contributed by atoms with Crippen LogP contribution < -0.4 is 0 Å². The van der Waals surface area contributed by atoms with E-state index in [9.17, 15) is 0 Å². The molecule has 1 aromatic heterocycles. The molecule has 1 heterocycles. The lowest BCUT2D eigenvalue weighted by Gasteiger charge is -1.98. The van der Waals surface area contributed by atoms with Crippen molar-refractivity contribution in [3.63, 3.8) is 0 Å². The van der Waals surface area contributed by atoms with Crippen LogP contribution in [0, 0.1) is 10.5 Å². The molecule has 0 N–H and O–H groups in total. The molecule has 0 unspecified atom stereocenters. The van der Waals surface area contributed by atoms with E-state index in [0.717, 1.165) is 13.9 Å². The van der Waals surface area contributed by atoms with Gasteiger partial charge in [-0.05, 0) is 51.5 Å². The van der Waals surface area contributed by atoms with Crippen molar-refractivity contribution < 1.29 is 0 Å². The fourth-order valence-corrected chi connectivity index (χ4v) is 1.68. The van der Waals surface area contributed by atoms with Crippen molar-refractivity contribution in [3.8, 4) is 0 Å². The fraction of sp³-hybridized carbons (Fsp3) is 0.167. The molecule has 0 saturated heterocycles. The summed E-state index contributed by atoms with van der Waals surface area (Å²) in [6.07, 6.45) is 0. The van der Waals surface area contributed by atoms with Gasteiger partial charge in [0.25, 0.3) is 0 Å². The number of pyridine rings is 1. The summed E-state index contributed by atoms with van der Waals surface area (Å²) in [6.45, 7) is 1.88. The van der Waals surface area contributed by atoms with E-state index < -0.39 is 0 Å². The first-order valence-corrected chi connectivity index (χ1v) is 4.84. The Morgan fingerprint density at radius 2 is 2.30 bits per heavy atom. The summed E-state index contributed by atoms with van der Waals surface area (Å²) >= 11 is 11.3. The van der Waals surface area contributed by atoms with Crippen molar-refractivity contribution in [2.24, 2.45) is 0 Å². The molecule has 0 bridgehead atoms. The fourth-order valence-electron chi connectivity index (χ4n) is 0.529. The van der Waals surface area contributed by atoms with Crippen molar-refractivity contribution in [1.29, 1.82) is 0 Å². The van der Waals surface area contributed by atoms with Gasteiger partial charge in [-0.2, -0.15) is 0 Å². The average molecular weight is 332 g/mol. The first-order valence-electron chi connectivity index (χ1n) is 2.59. The zero-order chi connectivity index (χ0) is 7.72. The predicted octanol–water partition coefficient (Wildman–Crippen LogP) is 3.41. The summed E-state index contributed by atoms with van der Waals surface area (Å²) in [5.41, 5.74) is 0.856. The number of hydrogen-bond donors (Lipinski definition) is 0. The second kappa shape index (κ2) is 3.36. The number of rotatable bonds is 0. The van der Waals surface area contributed by atoms with Crippen molar-refractivity contribution in [2.45, 2.75) is 6.92 Å². The van der Waals surface area contributed by atoms with Crippen molar-refractivity contribution >= 4 is 50.1 Å². The molecular formula is C6H4BrClIN. The van der Waals surface area contributed by atoms with Gasteiger partial charge in [0.2, 0.25) is 0 Å². The van der Waals surface area contributed by atoms with Gasteiger partial charge < -0.3 is 0 Å². The highest BCUT2D eigenvalue weighted by Crippen LogP contribution is 2.22. The minimum absolute atomic E-state index is 0.715. The van der Waals surface area contributed by atoms with Crippen LogP contribution in [0.3, 0.4) is 0 Å². The van der Waals surface area contributed by atoms with E-state index in [-0.39, 0.29) is 0 Å². The molecule has 0 aromatic carbocycles. The Bertz CT molecular complexity index is 214. The highest BCUT2D eigenvalue weighted by atomic mass is 127. The summed E-state index contributed by atoms with van der Waals surface area (Å²) in [6, 6.07) is 1.88. The Morgan fingerprint density at radius 1 is 1.70 bits per heavy atom. The van der Waals surface area contributed by atoms with E-state index >= 15 is 0 Å². The van der Waals surface area contributed by atoms with Gasteiger partial charge in [0.05, 0.1) is 10.7 Å². The third-order valence-corrected chi connectivity index (χ3v) is 3.61. The molecule has 0 saturated carbocycles. The van der Waals surface area contributed by atoms with Crippen molar-refractivity contribution in [2.75, 3.05) is 0 Å². The number of aromatic nitrogens is 1. The third-order valence-electron chi connectivity index (χ3n) is 1.06. The number of halogens is 3. The Hall–Kier alpha value is 0.650.